The molecule has 0 bridgehead atoms. The van der Waals surface area contributed by atoms with E-state index in [0.29, 0.717) is 11.3 Å². The quantitative estimate of drug-likeness (QED) is 0.224. The Bertz CT molecular complexity index is 1320. The second-order valence-corrected chi connectivity index (χ2v) is 6.73. The highest BCUT2D eigenvalue weighted by molar-refractivity contribution is 6.11. The molecule has 0 atom stereocenters. The zero-order chi connectivity index (χ0) is 21.3. The van der Waals surface area contributed by atoms with E-state index < -0.39 is 5.97 Å². The fourth-order valence-electron chi connectivity index (χ4n) is 3.48. The number of carboxylic acids is 1. The van der Waals surface area contributed by atoms with Crippen molar-refractivity contribution in [1.82, 2.24) is 4.57 Å². The number of amides is 1. The van der Waals surface area contributed by atoms with Crippen LogP contribution in [0.4, 0.5) is 5.69 Å². The lowest BCUT2D eigenvalue weighted by Gasteiger charge is -2.09. The van der Waals surface area contributed by atoms with E-state index in [1.54, 1.807) is 24.3 Å². The number of carboxylic acid groups (broad SMARTS) is 1. The summed E-state index contributed by atoms with van der Waals surface area (Å²) in [5.74, 6) is -1.40. The molecule has 0 aliphatic heterocycles. The molecular weight excluding hydrogens is 382 g/mol. The van der Waals surface area contributed by atoms with E-state index in [0.717, 1.165) is 21.8 Å². The van der Waals surface area contributed by atoms with Crippen LogP contribution >= 0.6 is 0 Å². The molecule has 0 aliphatic carbocycles. The fourth-order valence-corrected chi connectivity index (χ4v) is 3.48. The van der Waals surface area contributed by atoms with Gasteiger partial charge in [0.25, 0.3) is 0 Å². The van der Waals surface area contributed by atoms with Crippen molar-refractivity contribution < 1.29 is 14.7 Å². The molecule has 0 saturated carbocycles. The van der Waals surface area contributed by atoms with Gasteiger partial charge in [-0.15, -0.1) is 5.11 Å². The standard InChI is InChI=1S/C22H17N5O3/c23-21(26-24)14-7-10-19-17(11-14)16-3-1-2-4-18(16)27(19)12-20(28)25-15-8-5-13(6-9-15)22(29)30/h1-11,23-24H,12H2,(H,25,28)(H,29,30). The largest absolute Gasteiger partial charge is 0.478 e. The van der Waals surface area contributed by atoms with Crippen molar-refractivity contribution in [2.45, 2.75) is 6.54 Å². The minimum atomic E-state index is -1.02. The van der Waals surface area contributed by atoms with Crippen LogP contribution in [-0.4, -0.2) is 27.4 Å². The first kappa shape index (κ1) is 19.0. The smallest absolute Gasteiger partial charge is 0.335 e. The summed E-state index contributed by atoms with van der Waals surface area (Å²) in [6.45, 7) is 0.0598. The predicted octanol–water partition coefficient (Wildman–Crippen LogP) is 4.49. The summed E-state index contributed by atoms with van der Waals surface area (Å²) in [6, 6.07) is 19.0. The summed E-state index contributed by atoms with van der Waals surface area (Å²) in [4.78, 5) is 23.6. The number of nitrogens with one attached hydrogen (secondary N) is 3. The third-order valence-corrected chi connectivity index (χ3v) is 4.87. The van der Waals surface area contributed by atoms with Crippen LogP contribution in [0.1, 0.15) is 15.9 Å². The lowest BCUT2D eigenvalue weighted by Crippen LogP contribution is -2.18. The number of hydrogen-bond donors (Lipinski definition) is 4. The highest BCUT2D eigenvalue weighted by Crippen LogP contribution is 2.30. The minimum absolute atomic E-state index is 0.0598. The van der Waals surface area contributed by atoms with Crippen LogP contribution in [0, 0.1) is 10.9 Å². The van der Waals surface area contributed by atoms with E-state index in [-0.39, 0.29) is 23.9 Å². The number of fused-ring (bicyclic) bond motifs is 3. The topological polar surface area (TPSA) is 131 Å². The third-order valence-electron chi connectivity index (χ3n) is 4.87. The lowest BCUT2D eigenvalue weighted by molar-refractivity contribution is -0.116. The number of rotatable bonds is 5. The van der Waals surface area contributed by atoms with E-state index in [1.165, 1.54) is 12.1 Å². The van der Waals surface area contributed by atoms with Gasteiger partial charge in [-0.3, -0.25) is 10.2 Å². The van der Waals surface area contributed by atoms with Crippen LogP contribution < -0.4 is 5.32 Å². The van der Waals surface area contributed by atoms with Gasteiger partial charge in [0.1, 0.15) is 6.54 Å². The van der Waals surface area contributed by atoms with Gasteiger partial charge < -0.3 is 15.0 Å². The fraction of sp³-hybridized carbons (Fsp3) is 0.0455. The monoisotopic (exact) mass is 399 g/mol. The number of nitrogens with zero attached hydrogens (tertiary/aromatic N) is 2. The van der Waals surface area contributed by atoms with Gasteiger partial charge in [0.2, 0.25) is 5.91 Å². The highest BCUT2D eigenvalue weighted by Gasteiger charge is 2.15. The van der Waals surface area contributed by atoms with E-state index >= 15 is 0 Å². The summed E-state index contributed by atoms with van der Waals surface area (Å²) in [5.41, 5.74) is 9.96. The van der Waals surface area contributed by atoms with Gasteiger partial charge in [0, 0.05) is 33.1 Å². The lowest BCUT2D eigenvalue weighted by atomic mass is 10.1. The predicted molar refractivity (Wildman–Crippen MR) is 113 cm³/mol. The SMILES string of the molecule is N=NC(=N)c1ccc2c(c1)c1ccccc1n2CC(=O)Nc1ccc(C(=O)O)cc1. The summed E-state index contributed by atoms with van der Waals surface area (Å²) < 4.78 is 1.89. The van der Waals surface area contributed by atoms with Crippen LogP contribution in [-0.2, 0) is 11.3 Å². The van der Waals surface area contributed by atoms with Gasteiger partial charge in [0.15, 0.2) is 5.84 Å². The van der Waals surface area contributed by atoms with Crippen LogP contribution in [0.15, 0.2) is 71.8 Å². The molecule has 0 spiro atoms. The van der Waals surface area contributed by atoms with Gasteiger partial charge >= 0.3 is 5.97 Å². The first-order valence-corrected chi connectivity index (χ1v) is 9.08. The zero-order valence-electron chi connectivity index (χ0n) is 15.7. The molecule has 1 amide bonds. The minimum Gasteiger partial charge on any atom is -0.478 e. The second kappa shape index (κ2) is 7.59. The first-order valence-electron chi connectivity index (χ1n) is 9.08. The van der Waals surface area contributed by atoms with Crippen molar-refractivity contribution in [1.29, 1.82) is 10.9 Å². The number of para-hydroxylation sites is 1. The molecule has 8 nitrogen and oxygen atoms in total. The van der Waals surface area contributed by atoms with Crippen LogP contribution in [0.5, 0.6) is 0 Å². The molecule has 30 heavy (non-hydrogen) atoms. The van der Waals surface area contributed by atoms with Crippen molar-refractivity contribution in [2.75, 3.05) is 5.32 Å². The summed E-state index contributed by atoms with van der Waals surface area (Å²) in [6.07, 6.45) is 0. The molecule has 0 fully saturated rings. The average molecular weight is 399 g/mol. The average Bonchev–Trinajstić information content (AvgIpc) is 3.06. The summed E-state index contributed by atoms with van der Waals surface area (Å²) in [5, 5.41) is 24.6. The molecule has 4 N–H and O–H groups in total. The van der Waals surface area contributed by atoms with Crippen LogP contribution in [0.25, 0.3) is 21.8 Å². The summed E-state index contributed by atoms with van der Waals surface area (Å²) >= 11 is 0. The number of aromatic carboxylic acids is 1. The Hall–Kier alpha value is -4.33. The number of benzene rings is 3. The van der Waals surface area contributed by atoms with Crippen LogP contribution in [0.2, 0.25) is 0 Å². The van der Waals surface area contributed by atoms with Crippen molar-refractivity contribution in [3.8, 4) is 0 Å². The highest BCUT2D eigenvalue weighted by atomic mass is 16.4. The number of carbonyl (C=O) groups is 2. The Morgan fingerprint density at radius 3 is 2.30 bits per heavy atom. The first-order chi connectivity index (χ1) is 14.5. The van der Waals surface area contributed by atoms with Crippen molar-refractivity contribution in [3.05, 3.63) is 77.9 Å². The maximum atomic E-state index is 12.7. The number of amidine groups is 1. The van der Waals surface area contributed by atoms with Gasteiger partial charge in [-0.1, -0.05) is 18.2 Å². The Balaban J connectivity index is 1.69. The molecule has 0 radical (unpaired) electrons. The molecule has 1 aromatic heterocycles. The molecule has 4 aromatic rings. The van der Waals surface area contributed by atoms with Crippen molar-refractivity contribution >= 4 is 45.2 Å². The van der Waals surface area contributed by atoms with Gasteiger partial charge in [-0.25, -0.2) is 10.3 Å². The van der Waals surface area contributed by atoms with E-state index in [9.17, 15) is 9.59 Å². The Morgan fingerprint density at radius 2 is 1.60 bits per heavy atom. The Morgan fingerprint density at radius 1 is 0.933 bits per heavy atom. The molecule has 0 unspecified atom stereocenters. The maximum Gasteiger partial charge on any atom is 0.335 e. The third kappa shape index (κ3) is 3.42. The molecule has 3 aromatic carbocycles. The second-order valence-electron chi connectivity index (χ2n) is 6.73. The molecule has 0 aliphatic rings. The van der Waals surface area contributed by atoms with E-state index in [4.69, 9.17) is 16.0 Å². The molecular formula is C22H17N5O3. The molecule has 0 saturated heterocycles. The number of anilines is 1. The molecule has 1 heterocycles. The van der Waals surface area contributed by atoms with Gasteiger partial charge in [-0.2, -0.15) is 0 Å². The molecule has 4 rings (SSSR count). The Labute approximate surface area is 170 Å². The van der Waals surface area contributed by atoms with E-state index in [2.05, 4.69) is 10.4 Å². The Kier molecular flexibility index (Phi) is 4.81. The van der Waals surface area contributed by atoms with Gasteiger partial charge in [0.05, 0.1) is 5.56 Å². The number of hydrogen-bond acceptors (Lipinski definition) is 4. The molecule has 8 heteroatoms. The number of carbonyl (C=O) groups excluding carboxylic acids is 1. The van der Waals surface area contributed by atoms with Crippen molar-refractivity contribution in [2.24, 2.45) is 5.11 Å². The maximum absolute atomic E-state index is 12.7. The molecule has 148 valence electrons. The summed E-state index contributed by atoms with van der Waals surface area (Å²) in [7, 11) is 0. The zero-order valence-corrected chi connectivity index (χ0v) is 15.7. The number of aromatic nitrogens is 1. The van der Waals surface area contributed by atoms with E-state index in [1.807, 2.05) is 34.9 Å². The van der Waals surface area contributed by atoms with Crippen LogP contribution in [0.3, 0.4) is 0 Å². The van der Waals surface area contributed by atoms with Gasteiger partial charge in [-0.05, 0) is 48.5 Å². The normalized spacial score (nSPS) is 10.8. The van der Waals surface area contributed by atoms with Crippen molar-refractivity contribution in [3.63, 3.8) is 0 Å².